The van der Waals surface area contributed by atoms with E-state index >= 15 is 0 Å². The molecule has 6 nitrogen and oxygen atoms in total. The van der Waals surface area contributed by atoms with Crippen molar-refractivity contribution in [3.63, 3.8) is 0 Å². The summed E-state index contributed by atoms with van der Waals surface area (Å²) in [6, 6.07) is 8.60. The van der Waals surface area contributed by atoms with Crippen LogP contribution in [0.1, 0.15) is 134 Å². The maximum absolute atomic E-state index is 13.4. The largest absolute Gasteiger partial charge is 0.416 e. The Labute approximate surface area is 307 Å². The van der Waals surface area contributed by atoms with Crippen molar-refractivity contribution in [3.05, 3.63) is 57.6 Å². The predicted octanol–water partition coefficient (Wildman–Crippen LogP) is 12.4. The first-order valence-corrected chi connectivity index (χ1v) is 20.3. The third-order valence-electron chi connectivity index (χ3n) is 8.81. The van der Waals surface area contributed by atoms with Gasteiger partial charge in [-0.05, 0) is 90.8 Å². The highest BCUT2D eigenvalue weighted by Gasteiger charge is 2.31. The molecule has 0 aliphatic carbocycles. The van der Waals surface area contributed by atoms with Crippen LogP contribution in [-0.2, 0) is 20.8 Å². The Morgan fingerprint density at radius 1 is 0.720 bits per heavy atom. The monoisotopic (exact) mass is 765 g/mol. The minimum absolute atomic E-state index is 0.0926. The molecule has 0 aliphatic rings. The Morgan fingerprint density at radius 3 is 1.80 bits per heavy atom. The van der Waals surface area contributed by atoms with Crippen molar-refractivity contribution in [2.45, 2.75) is 129 Å². The van der Waals surface area contributed by atoms with Gasteiger partial charge in [-0.2, -0.15) is 21.6 Å². The zero-order chi connectivity index (χ0) is 37.2. The van der Waals surface area contributed by atoms with Crippen molar-refractivity contribution in [2.75, 3.05) is 26.2 Å². The SMILES string of the molecule is CCCCCCCCCCCCOS(=O)(=O)O.CCCCN(CCCC)CCC(O)c1cc2c(Cl)cc(Cl)cc2c2cc(C(F)(F)F)ccc12. The standard InChI is InChI=1S/C26H30Cl2F3NO.C12H26O4S/c1-3-5-10-32(11-6-4-2)12-9-25(33)23-16-22-21(14-18(27)15-24(22)28)20-13-17(26(29,30)31)7-8-19(20)23;1-2-3-4-5-6-7-8-9-10-11-12-16-17(13,14)15/h7-8,13-16,25,33H,3-6,9-12H2,1-2H3;2-12H2,1H3,(H,13,14,15). The average molecular weight is 767 g/mol. The summed E-state index contributed by atoms with van der Waals surface area (Å²) in [7, 11) is -4.23. The quantitative estimate of drug-likeness (QED) is 0.0601. The summed E-state index contributed by atoms with van der Waals surface area (Å²) in [4.78, 5) is 2.36. The first kappa shape index (κ1) is 44.5. The summed E-state index contributed by atoms with van der Waals surface area (Å²) < 4.78 is 73.3. The normalized spacial score (nSPS) is 12.9. The number of aliphatic hydroxyl groups excluding tert-OH is 1. The molecule has 3 aromatic rings. The smallest absolute Gasteiger partial charge is 0.388 e. The van der Waals surface area contributed by atoms with E-state index in [1.165, 1.54) is 51.0 Å². The number of fused-ring (bicyclic) bond motifs is 3. The zero-order valence-corrected chi connectivity index (χ0v) is 32.2. The number of unbranched alkanes of at least 4 members (excludes halogenated alkanes) is 11. The van der Waals surface area contributed by atoms with Gasteiger partial charge in [0.25, 0.3) is 0 Å². The van der Waals surface area contributed by atoms with E-state index in [1.807, 2.05) is 0 Å². The number of alkyl halides is 3. The van der Waals surface area contributed by atoms with Crippen LogP contribution in [0.2, 0.25) is 10.0 Å². The van der Waals surface area contributed by atoms with Crippen molar-refractivity contribution in [1.82, 2.24) is 4.90 Å². The van der Waals surface area contributed by atoms with Gasteiger partial charge in [0.05, 0.1) is 18.3 Å². The van der Waals surface area contributed by atoms with Gasteiger partial charge in [0, 0.05) is 22.0 Å². The van der Waals surface area contributed by atoms with Crippen LogP contribution in [0.5, 0.6) is 0 Å². The van der Waals surface area contributed by atoms with Gasteiger partial charge in [-0.25, -0.2) is 4.18 Å². The molecule has 3 rings (SSSR count). The minimum Gasteiger partial charge on any atom is -0.388 e. The van der Waals surface area contributed by atoms with Crippen LogP contribution in [0, 0.1) is 0 Å². The lowest BCUT2D eigenvalue weighted by Gasteiger charge is -2.24. The van der Waals surface area contributed by atoms with E-state index in [0.29, 0.717) is 50.0 Å². The second kappa shape index (κ2) is 23.1. The van der Waals surface area contributed by atoms with Gasteiger partial charge >= 0.3 is 16.6 Å². The molecule has 0 spiro atoms. The number of nitrogens with zero attached hydrogens (tertiary/aromatic N) is 1. The molecule has 12 heteroatoms. The molecule has 0 fully saturated rings. The van der Waals surface area contributed by atoms with Crippen LogP contribution < -0.4 is 0 Å². The maximum atomic E-state index is 13.4. The highest BCUT2D eigenvalue weighted by atomic mass is 35.5. The summed E-state index contributed by atoms with van der Waals surface area (Å²) in [5.74, 6) is 0. The van der Waals surface area contributed by atoms with Gasteiger partial charge in [0.2, 0.25) is 0 Å². The van der Waals surface area contributed by atoms with Crippen molar-refractivity contribution < 1.29 is 35.4 Å². The van der Waals surface area contributed by atoms with E-state index in [1.54, 1.807) is 18.2 Å². The lowest BCUT2D eigenvalue weighted by atomic mass is 9.92. The Bertz CT molecular complexity index is 1530. The van der Waals surface area contributed by atoms with Gasteiger partial charge in [0.1, 0.15) is 0 Å². The van der Waals surface area contributed by atoms with Crippen molar-refractivity contribution >= 4 is 55.1 Å². The first-order valence-electron chi connectivity index (χ1n) is 18.2. The molecule has 0 radical (unpaired) electrons. The third kappa shape index (κ3) is 16.3. The van der Waals surface area contributed by atoms with Gasteiger partial charge in [-0.3, -0.25) is 4.55 Å². The summed E-state index contributed by atoms with van der Waals surface area (Å²) in [6.45, 7) is 9.28. The van der Waals surface area contributed by atoms with Gasteiger partial charge < -0.3 is 10.0 Å². The van der Waals surface area contributed by atoms with E-state index < -0.39 is 28.2 Å². The molecular weight excluding hydrogens is 710 g/mol. The van der Waals surface area contributed by atoms with Crippen LogP contribution in [0.3, 0.4) is 0 Å². The Kier molecular flexibility index (Phi) is 20.6. The fraction of sp³-hybridized carbons (Fsp3) is 0.632. The molecule has 1 atom stereocenters. The van der Waals surface area contributed by atoms with E-state index in [9.17, 15) is 26.7 Å². The highest BCUT2D eigenvalue weighted by Crippen LogP contribution is 2.40. The lowest BCUT2D eigenvalue weighted by molar-refractivity contribution is -0.137. The Hall–Kier alpha value is -1.66. The van der Waals surface area contributed by atoms with Crippen LogP contribution in [0.15, 0.2) is 36.4 Å². The number of benzene rings is 3. The number of hydrogen-bond acceptors (Lipinski definition) is 5. The molecule has 0 saturated heterocycles. The molecule has 2 N–H and O–H groups in total. The predicted molar refractivity (Wildman–Crippen MR) is 202 cm³/mol. The Morgan fingerprint density at radius 2 is 1.26 bits per heavy atom. The average Bonchev–Trinajstić information content (AvgIpc) is 3.05. The summed E-state index contributed by atoms with van der Waals surface area (Å²) in [6.07, 6.45) is 11.4. The van der Waals surface area contributed by atoms with E-state index in [4.69, 9.17) is 27.8 Å². The summed E-state index contributed by atoms with van der Waals surface area (Å²) in [5.41, 5.74) is -0.161. The van der Waals surface area contributed by atoms with E-state index in [0.717, 1.165) is 70.3 Å². The fourth-order valence-electron chi connectivity index (χ4n) is 5.97. The van der Waals surface area contributed by atoms with Gasteiger partial charge in [0.15, 0.2) is 0 Å². The Balaban J connectivity index is 0.000000432. The van der Waals surface area contributed by atoms with Crippen molar-refractivity contribution in [3.8, 4) is 0 Å². The molecule has 0 aliphatic heterocycles. The van der Waals surface area contributed by atoms with Crippen LogP contribution in [-0.4, -0.2) is 49.2 Å². The zero-order valence-electron chi connectivity index (χ0n) is 29.8. The maximum Gasteiger partial charge on any atom is 0.416 e. The lowest BCUT2D eigenvalue weighted by Crippen LogP contribution is -2.28. The molecule has 0 amide bonds. The number of halogens is 5. The molecule has 0 heterocycles. The third-order valence-corrected chi connectivity index (χ3v) is 9.80. The van der Waals surface area contributed by atoms with Crippen LogP contribution >= 0.6 is 23.2 Å². The van der Waals surface area contributed by atoms with E-state index in [-0.39, 0.29) is 6.61 Å². The van der Waals surface area contributed by atoms with Crippen molar-refractivity contribution in [1.29, 1.82) is 0 Å². The molecule has 284 valence electrons. The number of rotatable bonds is 22. The summed E-state index contributed by atoms with van der Waals surface area (Å²) >= 11 is 12.6. The van der Waals surface area contributed by atoms with Crippen LogP contribution in [0.4, 0.5) is 13.2 Å². The molecule has 0 saturated carbocycles. The van der Waals surface area contributed by atoms with Crippen molar-refractivity contribution in [2.24, 2.45) is 0 Å². The first-order chi connectivity index (χ1) is 23.7. The van der Waals surface area contributed by atoms with Gasteiger partial charge in [-0.1, -0.05) is 121 Å². The topological polar surface area (TPSA) is 87.1 Å². The fourth-order valence-corrected chi connectivity index (χ4v) is 6.85. The minimum atomic E-state index is -4.48. The second-order valence-corrected chi connectivity index (χ2v) is 14.9. The summed E-state index contributed by atoms with van der Waals surface area (Å²) in [5, 5.41) is 13.9. The molecule has 1 unspecified atom stereocenters. The molecule has 3 aromatic carbocycles. The van der Waals surface area contributed by atoms with E-state index in [2.05, 4.69) is 29.9 Å². The molecular formula is C38H56Cl2F3NO5S. The second-order valence-electron chi connectivity index (χ2n) is 13.0. The van der Waals surface area contributed by atoms with Crippen LogP contribution in [0.25, 0.3) is 21.5 Å². The molecule has 50 heavy (non-hydrogen) atoms. The number of hydrogen-bond donors (Lipinski definition) is 2. The highest BCUT2D eigenvalue weighted by molar-refractivity contribution is 7.80. The molecule has 0 bridgehead atoms. The number of aliphatic hydroxyl groups is 1. The molecule has 0 aromatic heterocycles. The van der Waals surface area contributed by atoms with Gasteiger partial charge in [-0.15, -0.1) is 0 Å².